The van der Waals surface area contributed by atoms with Crippen molar-refractivity contribution in [2.75, 3.05) is 6.54 Å². The molecule has 1 aromatic carbocycles. The number of nitrogens with zero attached hydrogens (tertiary/aromatic N) is 4. The Morgan fingerprint density at radius 1 is 0.951 bits per heavy atom. The zero-order valence-electron chi connectivity index (χ0n) is 21.8. The van der Waals surface area contributed by atoms with Crippen molar-refractivity contribution in [3.8, 4) is 17.5 Å². The van der Waals surface area contributed by atoms with Crippen LogP contribution in [0.3, 0.4) is 0 Å². The van der Waals surface area contributed by atoms with Crippen LogP contribution in [0.4, 0.5) is 4.39 Å². The van der Waals surface area contributed by atoms with Gasteiger partial charge in [0.1, 0.15) is 17.2 Å². The van der Waals surface area contributed by atoms with Crippen LogP contribution in [-0.4, -0.2) is 46.4 Å². The molecule has 3 unspecified atom stereocenters. The summed E-state index contributed by atoms with van der Waals surface area (Å²) in [4.78, 5) is 43.3. The summed E-state index contributed by atoms with van der Waals surface area (Å²) in [7, 11) is 0. The SMILES string of the molecule is O=C1c2c3ccn(Cc4ccc(F)c(Cl)c4)c(=O)c3c(O)c(=O)n2C2(CCC3CCC32)N1CCn1c(O)ccc1O. The van der Waals surface area contributed by atoms with E-state index < -0.39 is 34.3 Å². The lowest BCUT2D eigenvalue weighted by Gasteiger charge is -2.46. The predicted molar refractivity (Wildman–Crippen MR) is 147 cm³/mol. The molecule has 0 saturated heterocycles. The Bertz CT molecular complexity index is 1880. The van der Waals surface area contributed by atoms with Crippen LogP contribution in [0.15, 0.2) is 52.2 Å². The lowest BCUT2D eigenvalue weighted by molar-refractivity contribution is -0.0248. The van der Waals surface area contributed by atoms with Crippen LogP contribution in [0.2, 0.25) is 5.02 Å². The monoisotopic (exact) mass is 580 g/mol. The molecule has 4 heterocycles. The van der Waals surface area contributed by atoms with E-state index in [0.29, 0.717) is 17.9 Å². The van der Waals surface area contributed by atoms with Gasteiger partial charge in [-0.15, -0.1) is 0 Å². The molecule has 2 aliphatic carbocycles. The van der Waals surface area contributed by atoms with Crippen molar-refractivity contribution in [1.82, 2.24) is 18.6 Å². The van der Waals surface area contributed by atoms with Crippen LogP contribution in [-0.2, 0) is 18.8 Å². The fourth-order valence-electron chi connectivity index (χ4n) is 7.29. The van der Waals surface area contributed by atoms with E-state index in [4.69, 9.17) is 11.6 Å². The van der Waals surface area contributed by atoms with Crippen LogP contribution in [0.5, 0.6) is 17.5 Å². The molecule has 4 aromatic rings. The van der Waals surface area contributed by atoms with E-state index in [9.17, 15) is 34.1 Å². The van der Waals surface area contributed by atoms with Gasteiger partial charge in [0.15, 0.2) is 17.5 Å². The molecule has 212 valence electrons. The van der Waals surface area contributed by atoms with Crippen molar-refractivity contribution in [2.24, 2.45) is 11.8 Å². The van der Waals surface area contributed by atoms with Crippen molar-refractivity contribution < 1.29 is 24.5 Å². The highest BCUT2D eigenvalue weighted by atomic mass is 35.5. The number of hydrogen-bond acceptors (Lipinski definition) is 6. The molecule has 1 spiro atoms. The van der Waals surface area contributed by atoms with Crippen molar-refractivity contribution >= 4 is 28.3 Å². The molecule has 3 atom stereocenters. The Balaban J connectivity index is 1.38. The second-order valence-electron chi connectivity index (χ2n) is 11.1. The number of aromatic nitrogens is 3. The lowest BCUT2D eigenvalue weighted by atomic mass is 9.72. The number of carbonyl (C=O) groups excluding carboxylic acids is 1. The first-order chi connectivity index (χ1) is 19.6. The van der Waals surface area contributed by atoms with Gasteiger partial charge in [-0.25, -0.2) is 4.39 Å². The topological polar surface area (TPSA) is 130 Å². The Hall–Kier alpha value is -4.25. The molecule has 1 aliphatic heterocycles. The van der Waals surface area contributed by atoms with E-state index in [1.807, 2.05) is 0 Å². The molecule has 3 aliphatic rings. The van der Waals surface area contributed by atoms with Crippen molar-refractivity contribution in [3.63, 3.8) is 0 Å². The predicted octanol–water partition coefficient (Wildman–Crippen LogP) is 3.55. The van der Waals surface area contributed by atoms with Crippen molar-refractivity contribution in [1.29, 1.82) is 0 Å². The van der Waals surface area contributed by atoms with Gasteiger partial charge in [-0.05, 0) is 55.4 Å². The molecule has 0 bridgehead atoms. The zero-order chi connectivity index (χ0) is 28.8. The van der Waals surface area contributed by atoms with Gasteiger partial charge in [0.05, 0.1) is 17.0 Å². The third kappa shape index (κ3) is 3.44. The molecule has 3 aromatic heterocycles. The average molecular weight is 581 g/mol. The molecule has 3 N–H and O–H groups in total. The Morgan fingerprint density at radius 3 is 2.37 bits per heavy atom. The number of pyridine rings is 2. The summed E-state index contributed by atoms with van der Waals surface area (Å²) in [6, 6.07) is 8.31. The molecular weight excluding hydrogens is 555 g/mol. The summed E-state index contributed by atoms with van der Waals surface area (Å²) < 4.78 is 17.6. The Morgan fingerprint density at radius 2 is 1.71 bits per heavy atom. The molecule has 1 amide bonds. The molecule has 0 radical (unpaired) electrons. The van der Waals surface area contributed by atoms with Gasteiger partial charge >= 0.3 is 0 Å². The van der Waals surface area contributed by atoms with Crippen LogP contribution >= 0.6 is 11.6 Å². The summed E-state index contributed by atoms with van der Waals surface area (Å²) in [6.45, 7) is 0.170. The highest BCUT2D eigenvalue weighted by molar-refractivity contribution is 6.30. The van der Waals surface area contributed by atoms with Gasteiger partial charge in [-0.2, -0.15) is 0 Å². The van der Waals surface area contributed by atoms with E-state index in [2.05, 4.69) is 0 Å². The van der Waals surface area contributed by atoms with Gasteiger partial charge < -0.3 is 24.8 Å². The van der Waals surface area contributed by atoms with E-state index in [1.54, 1.807) is 11.0 Å². The number of hydrogen-bond donors (Lipinski definition) is 3. The first-order valence-corrected chi connectivity index (χ1v) is 13.9. The molecule has 2 fully saturated rings. The van der Waals surface area contributed by atoms with E-state index in [1.165, 1.54) is 50.2 Å². The maximum Gasteiger partial charge on any atom is 0.296 e. The summed E-state index contributed by atoms with van der Waals surface area (Å²) >= 11 is 5.90. The second kappa shape index (κ2) is 8.87. The number of aromatic hydroxyl groups is 3. The van der Waals surface area contributed by atoms with Crippen molar-refractivity contribution in [3.05, 3.63) is 85.4 Å². The minimum atomic E-state index is -1.02. The number of benzene rings is 1. The molecule has 2 saturated carbocycles. The highest BCUT2D eigenvalue weighted by Crippen LogP contribution is 2.60. The maximum atomic E-state index is 14.2. The standard InChI is InChI=1S/C29H26ClFN4O6/c30-19-13-15(1-4-20(19)31)14-32-10-8-17-23(26(32)39)25(38)28(41)35-24(17)27(40)34(12-11-33-21(36)5-6-22(33)37)29(35)9-7-16-2-3-18(16)29/h1,4-6,8,10,13,16,18,36-38H,2-3,7,9,11-12,14H2. The first kappa shape index (κ1) is 25.7. The summed E-state index contributed by atoms with van der Waals surface area (Å²) in [6.07, 6.45) is 4.58. The number of amides is 1. The quantitative estimate of drug-likeness (QED) is 0.331. The number of rotatable bonds is 5. The van der Waals surface area contributed by atoms with Crippen LogP contribution in [0.25, 0.3) is 10.8 Å². The Labute approximate surface area is 237 Å². The number of carbonyl (C=O) groups is 1. The van der Waals surface area contributed by atoms with E-state index in [-0.39, 0.29) is 58.8 Å². The average Bonchev–Trinajstić information content (AvgIpc) is 3.47. The smallest absolute Gasteiger partial charge is 0.296 e. The fraction of sp³-hybridized carbons (Fsp3) is 0.345. The molecule has 12 heteroatoms. The molecule has 10 nitrogen and oxygen atoms in total. The van der Waals surface area contributed by atoms with Gasteiger partial charge in [0.25, 0.3) is 17.0 Å². The van der Waals surface area contributed by atoms with Gasteiger partial charge in [-0.1, -0.05) is 17.7 Å². The van der Waals surface area contributed by atoms with Gasteiger partial charge in [0.2, 0.25) is 0 Å². The molecular formula is C29H26ClFN4O6. The molecule has 41 heavy (non-hydrogen) atoms. The van der Waals surface area contributed by atoms with Gasteiger partial charge in [-0.3, -0.25) is 23.5 Å². The minimum Gasteiger partial charge on any atom is -0.502 e. The summed E-state index contributed by atoms with van der Waals surface area (Å²) in [5.74, 6) is -1.76. The number of halogens is 2. The zero-order valence-corrected chi connectivity index (χ0v) is 22.5. The molecule has 7 rings (SSSR count). The first-order valence-electron chi connectivity index (χ1n) is 13.5. The summed E-state index contributed by atoms with van der Waals surface area (Å²) in [5, 5.41) is 31.3. The van der Waals surface area contributed by atoms with E-state index in [0.717, 1.165) is 19.3 Å². The van der Waals surface area contributed by atoms with Crippen LogP contribution in [0, 0.1) is 17.7 Å². The van der Waals surface area contributed by atoms with Crippen molar-refractivity contribution in [2.45, 2.75) is 44.4 Å². The fourth-order valence-corrected chi connectivity index (χ4v) is 7.49. The second-order valence-corrected chi connectivity index (χ2v) is 11.6. The number of fused-ring (bicyclic) bond motifs is 6. The summed E-state index contributed by atoms with van der Waals surface area (Å²) in [5.41, 5.74) is -1.91. The van der Waals surface area contributed by atoms with Gasteiger partial charge in [0, 0.05) is 42.7 Å². The Kier molecular flexibility index (Phi) is 5.56. The minimum absolute atomic E-state index is 0.00213. The third-order valence-corrected chi connectivity index (χ3v) is 9.59. The van der Waals surface area contributed by atoms with Crippen LogP contribution < -0.4 is 11.1 Å². The van der Waals surface area contributed by atoms with Crippen LogP contribution in [0.1, 0.15) is 41.7 Å². The third-order valence-electron chi connectivity index (χ3n) is 9.30. The normalized spacial score (nSPS) is 22.9. The lowest BCUT2D eigenvalue weighted by Crippen LogP contribution is -2.55. The van der Waals surface area contributed by atoms with E-state index >= 15 is 0 Å². The maximum absolute atomic E-state index is 14.2. The highest BCUT2D eigenvalue weighted by Gasteiger charge is 2.63. The largest absolute Gasteiger partial charge is 0.502 e.